The van der Waals surface area contributed by atoms with Crippen molar-refractivity contribution in [1.82, 2.24) is 4.98 Å². The Morgan fingerprint density at radius 3 is 2.82 bits per heavy atom. The third kappa shape index (κ3) is 2.30. The summed E-state index contributed by atoms with van der Waals surface area (Å²) in [4.78, 5) is 13.6. The van der Waals surface area contributed by atoms with Gasteiger partial charge in [-0.15, -0.1) is 0 Å². The van der Waals surface area contributed by atoms with Crippen LogP contribution in [0.1, 0.15) is 11.3 Å². The van der Waals surface area contributed by atoms with E-state index >= 15 is 0 Å². The zero-order chi connectivity index (χ0) is 12.4. The van der Waals surface area contributed by atoms with Crippen LogP contribution in [0.15, 0.2) is 24.3 Å². The van der Waals surface area contributed by atoms with Crippen LogP contribution in [0.2, 0.25) is 0 Å². The summed E-state index contributed by atoms with van der Waals surface area (Å²) in [5.74, 6) is -0.207. The number of rotatable bonds is 3. The van der Waals surface area contributed by atoms with Crippen molar-refractivity contribution >= 4 is 22.9 Å². The SMILES string of the molecule is COc1cc(C)cc2cc(/C=C/C(=O)O)[nH]c12. The average Bonchev–Trinajstić information content (AvgIpc) is 2.67. The molecule has 0 aliphatic carbocycles. The fraction of sp³-hybridized carbons (Fsp3) is 0.154. The molecule has 0 fully saturated rings. The number of fused-ring (bicyclic) bond motifs is 1. The van der Waals surface area contributed by atoms with Crippen LogP contribution in [-0.2, 0) is 4.79 Å². The molecule has 17 heavy (non-hydrogen) atoms. The molecule has 1 aromatic carbocycles. The lowest BCUT2D eigenvalue weighted by molar-refractivity contribution is -0.131. The fourth-order valence-electron chi connectivity index (χ4n) is 1.79. The number of hydrogen-bond acceptors (Lipinski definition) is 2. The molecule has 0 bridgehead atoms. The second kappa shape index (κ2) is 4.33. The first-order valence-electron chi connectivity index (χ1n) is 5.18. The molecule has 0 amide bonds. The Labute approximate surface area is 98.5 Å². The Balaban J connectivity index is 2.53. The van der Waals surface area contributed by atoms with E-state index in [0.29, 0.717) is 0 Å². The lowest BCUT2D eigenvalue weighted by Crippen LogP contribution is -1.86. The standard InChI is InChI=1S/C13H13NO3/c1-8-5-9-7-10(3-4-12(15)16)14-13(9)11(6-8)17-2/h3-7,14H,1-2H3,(H,15,16)/b4-3+. The molecule has 4 heteroatoms. The molecule has 0 spiro atoms. The Morgan fingerprint density at radius 2 is 2.18 bits per heavy atom. The van der Waals surface area contributed by atoms with Gasteiger partial charge < -0.3 is 14.8 Å². The first kappa shape index (κ1) is 11.3. The summed E-state index contributed by atoms with van der Waals surface area (Å²) in [6.45, 7) is 1.99. The fourth-order valence-corrected chi connectivity index (χ4v) is 1.79. The normalized spacial score (nSPS) is 11.2. The minimum Gasteiger partial charge on any atom is -0.495 e. The van der Waals surface area contributed by atoms with Crippen molar-refractivity contribution in [2.45, 2.75) is 6.92 Å². The van der Waals surface area contributed by atoms with Gasteiger partial charge in [-0.05, 0) is 36.8 Å². The van der Waals surface area contributed by atoms with Gasteiger partial charge in [-0.1, -0.05) is 0 Å². The van der Waals surface area contributed by atoms with Crippen molar-refractivity contribution in [3.63, 3.8) is 0 Å². The maximum absolute atomic E-state index is 10.4. The molecule has 1 heterocycles. The number of aliphatic carboxylic acids is 1. The summed E-state index contributed by atoms with van der Waals surface area (Å²) in [7, 11) is 1.61. The molecular formula is C13H13NO3. The number of carboxylic acid groups (broad SMARTS) is 1. The highest BCUT2D eigenvalue weighted by atomic mass is 16.5. The van der Waals surface area contributed by atoms with Crippen LogP contribution in [0.25, 0.3) is 17.0 Å². The number of nitrogens with one attached hydrogen (secondary N) is 1. The number of benzene rings is 1. The monoisotopic (exact) mass is 231 g/mol. The predicted octanol–water partition coefficient (Wildman–Crippen LogP) is 2.58. The van der Waals surface area contributed by atoms with Crippen LogP contribution >= 0.6 is 0 Å². The third-order valence-corrected chi connectivity index (χ3v) is 2.48. The van der Waals surface area contributed by atoms with Crippen molar-refractivity contribution in [3.8, 4) is 5.75 Å². The van der Waals surface area contributed by atoms with E-state index in [2.05, 4.69) is 4.98 Å². The van der Waals surface area contributed by atoms with Crippen LogP contribution in [0, 0.1) is 6.92 Å². The van der Waals surface area contributed by atoms with E-state index in [1.54, 1.807) is 7.11 Å². The van der Waals surface area contributed by atoms with E-state index in [-0.39, 0.29) is 0 Å². The van der Waals surface area contributed by atoms with Crippen molar-refractivity contribution in [3.05, 3.63) is 35.5 Å². The predicted molar refractivity (Wildman–Crippen MR) is 66.3 cm³/mol. The molecule has 88 valence electrons. The summed E-state index contributed by atoms with van der Waals surface area (Å²) < 4.78 is 5.28. The Morgan fingerprint density at radius 1 is 1.41 bits per heavy atom. The minimum absolute atomic E-state index is 0.742. The number of ether oxygens (including phenoxy) is 1. The number of H-pyrrole nitrogens is 1. The Hall–Kier alpha value is -2.23. The first-order chi connectivity index (χ1) is 8.10. The molecule has 0 unspecified atom stereocenters. The molecular weight excluding hydrogens is 218 g/mol. The van der Waals surface area contributed by atoms with Gasteiger partial charge in [0.1, 0.15) is 5.75 Å². The summed E-state index contributed by atoms with van der Waals surface area (Å²) >= 11 is 0. The van der Waals surface area contributed by atoms with Crippen LogP contribution in [0.5, 0.6) is 5.75 Å². The van der Waals surface area contributed by atoms with Gasteiger partial charge in [0.2, 0.25) is 0 Å². The zero-order valence-electron chi connectivity index (χ0n) is 9.65. The third-order valence-electron chi connectivity index (χ3n) is 2.48. The van der Waals surface area contributed by atoms with Gasteiger partial charge in [-0.25, -0.2) is 4.79 Å². The molecule has 0 atom stereocenters. The number of aromatic nitrogens is 1. The molecule has 0 saturated heterocycles. The van der Waals surface area contributed by atoms with Gasteiger partial charge in [0.05, 0.1) is 12.6 Å². The molecule has 2 aromatic rings. The van der Waals surface area contributed by atoms with Crippen LogP contribution in [-0.4, -0.2) is 23.2 Å². The van der Waals surface area contributed by atoms with E-state index in [0.717, 1.165) is 34.0 Å². The topological polar surface area (TPSA) is 62.3 Å². The van der Waals surface area contributed by atoms with Gasteiger partial charge in [-0.2, -0.15) is 0 Å². The first-order valence-corrected chi connectivity index (χ1v) is 5.18. The molecule has 0 aliphatic rings. The maximum Gasteiger partial charge on any atom is 0.328 e. The zero-order valence-corrected chi connectivity index (χ0v) is 9.65. The van der Waals surface area contributed by atoms with Crippen molar-refractivity contribution in [1.29, 1.82) is 0 Å². The molecule has 0 radical (unpaired) electrons. The molecule has 1 aromatic heterocycles. The highest BCUT2D eigenvalue weighted by molar-refractivity contribution is 5.90. The second-order valence-electron chi connectivity index (χ2n) is 3.83. The summed E-state index contributed by atoms with van der Waals surface area (Å²) in [5.41, 5.74) is 2.72. The summed E-state index contributed by atoms with van der Waals surface area (Å²) in [5, 5.41) is 9.58. The lowest BCUT2D eigenvalue weighted by atomic mass is 10.1. The summed E-state index contributed by atoms with van der Waals surface area (Å²) in [6, 6.07) is 5.85. The van der Waals surface area contributed by atoms with Gasteiger partial charge in [0.15, 0.2) is 0 Å². The Kier molecular flexibility index (Phi) is 2.87. The highest BCUT2D eigenvalue weighted by Crippen LogP contribution is 2.27. The maximum atomic E-state index is 10.4. The van der Waals surface area contributed by atoms with Gasteiger partial charge in [0, 0.05) is 17.2 Å². The molecule has 0 saturated carbocycles. The van der Waals surface area contributed by atoms with E-state index in [4.69, 9.17) is 9.84 Å². The highest BCUT2D eigenvalue weighted by Gasteiger charge is 2.05. The van der Waals surface area contributed by atoms with E-state index in [1.165, 1.54) is 6.08 Å². The van der Waals surface area contributed by atoms with Crippen LogP contribution in [0.3, 0.4) is 0 Å². The average molecular weight is 231 g/mol. The smallest absolute Gasteiger partial charge is 0.328 e. The van der Waals surface area contributed by atoms with E-state index < -0.39 is 5.97 Å². The van der Waals surface area contributed by atoms with Crippen LogP contribution < -0.4 is 4.74 Å². The number of methoxy groups -OCH3 is 1. The quantitative estimate of drug-likeness (QED) is 0.798. The molecule has 0 aliphatic heterocycles. The second-order valence-corrected chi connectivity index (χ2v) is 3.83. The molecule has 4 nitrogen and oxygen atoms in total. The largest absolute Gasteiger partial charge is 0.495 e. The summed E-state index contributed by atoms with van der Waals surface area (Å²) in [6.07, 6.45) is 2.63. The molecule has 2 rings (SSSR count). The van der Waals surface area contributed by atoms with Crippen molar-refractivity contribution in [2.24, 2.45) is 0 Å². The van der Waals surface area contributed by atoms with E-state index in [9.17, 15) is 4.79 Å². The molecule has 2 N–H and O–H groups in total. The number of hydrogen-bond donors (Lipinski definition) is 2. The lowest BCUT2D eigenvalue weighted by Gasteiger charge is -2.02. The van der Waals surface area contributed by atoms with Crippen LogP contribution in [0.4, 0.5) is 0 Å². The Bertz CT molecular complexity index is 596. The number of carboxylic acids is 1. The van der Waals surface area contributed by atoms with Gasteiger partial charge in [-0.3, -0.25) is 0 Å². The minimum atomic E-state index is -0.966. The van der Waals surface area contributed by atoms with Gasteiger partial charge >= 0.3 is 5.97 Å². The van der Waals surface area contributed by atoms with Gasteiger partial charge in [0.25, 0.3) is 0 Å². The number of aromatic amines is 1. The number of carbonyl (C=O) groups is 1. The van der Waals surface area contributed by atoms with E-state index in [1.807, 2.05) is 25.1 Å². The van der Waals surface area contributed by atoms with Crippen molar-refractivity contribution < 1.29 is 14.6 Å². The number of aryl methyl sites for hydroxylation is 1. The van der Waals surface area contributed by atoms with Crippen molar-refractivity contribution in [2.75, 3.05) is 7.11 Å².